The Morgan fingerprint density at radius 2 is 0.355 bits per heavy atom. The lowest BCUT2D eigenvalue weighted by molar-refractivity contribution is 0.373. The van der Waals surface area contributed by atoms with E-state index >= 15 is 0 Å². The molecule has 12 bridgehead atoms. The van der Waals surface area contributed by atoms with Crippen LogP contribution in [0.3, 0.4) is 0 Å². The lowest BCUT2D eigenvalue weighted by Gasteiger charge is -2.70. The Morgan fingerprint density at radius 3 is 0.654 bits per heavy atom. The van der Waals surface area contributed by atoms with Gasteiger partial charge in [-0.05, 0) is 188 Å². The van der Waals surface area contributed by atoms with Crippen LogP contribution >= 0.6 is 0 Å². The highest BCUT2D eigenvalue weighted by Crippen LogP contribution is 2.44. The van der Waals surface area contributed by atoms with Crippen molar-refractivity contribution >= 4 is 169 Å². The van der Waals surface area contributed by atoms with E-state index in [1.165, 1.54) is 0 Å². The normalized spacial score (nSPS) is 27.1. The quantitative estimate of drug-likeness (QED) is 0.0940. The van der Waals surface area contributed by atoms with Crippen LogP contribution in [0.1, 0.15) is 187 Å². The Labute approximate surface area is 672 Å². The van der Waals surface area contributed by atoms with Crippen molar-refractivity contribution in [2.75, 3.05) is 106 Å². The number of nitrogens with zero attached hydrogens (tertiary/aromatic N) is 24. The van der Waals surface area contributed by atoms with Crippen molar-refractivity contribution in [3.05, 3.63) is 0 Å². The molecule has 0 aromatic carbocycles. The summed E-state index contributed by atoms with van der Waals surface area (Å²) in [6.45, 7) is 92.4. The van der Waals surface area contributed by atoms with E-state index in [1.54, 1.807) is 0 Å². The van der Waals surface area contributed by atoms with Crippen LogP contribution in [-0.2, 0) is 0 Å². The van der Waals surface area contributed by atoms with Crippen molar-refractivity contribution in [3.63, 3.8) is 0 Å². The van der Waals surface area contributed by atoms with Gasteiger partial charge in [0, 0.05) is 0 Å². The van der Waals surface area contributed by atoms with Crippen molar-refractivity contribution < 1.29 is 0 Å². The minimum absolute atomic E-state index is 0.00956. The molecular weight excluding hydrogens is 1300 g/mol. The Morgan fingerprint density at radius 1 is 0.140 bits per heavy atom. The molecular formula is C59H150B24N24. The molecule has 9 rings (SSSR count). The van der Waals surface area contributed by atoms with Crippen LogP contribution in [0.25, 0.3) is 0 Å². The highest BCUT2D eigenvalue weighted by molar-refractivity contribution is 7.11. The van der Waals surface area contributed by atoms with Gasteiger partial charge in [0.05, 0.1) is 0 Å². The summed E-state index contributed by atoms with van der Waals surface area (Å²) in [6.07, 6.45) is 13.4. The summed E-state index contributed by atoms with van der Waals surface area (Å²) in [5, 5.41) is 0. The van der Waals surface area contributed by atoms with E-state index in [4.69, 9.17) is 0 Å². The maximum absolute atomic E-state index is 3.22. The summed E-state index contributed by atoms with van der Waals surface area (Å²) in [7, 11) is 4.79. The lowest BCUT2D eigenvalue weighted by atomic mass is 9.27. The molecule has 6 unspecified atom stereocenters. The summed E-state index contributed by atoms with van der Waals surface area (Å²) in [6, 6.07) is 0. The van der Waals surface area contributed by atoms with E-state index in [1.807, 2.05) is 0 Å². The molecule has 9 saturated heterocycles. The molecule has 48 heteroatoms. The summed E-state index contributed by atoms with van der Waals surface area (Å²) in [5.74, 6) is 0. The van der Waals surface area contributed by atoms with Gasteiger partial charge in [-0.2, -0.15) is 0 Å². The first-order valence-electron chi connectivity index (χ1n) is 45.9. The zero-order chi connectivity index (χ0) is 78.8. The molecule has 9 aliphatic rings. The Kier molecular flexibility index (Phi) is 34.5. The number of hydrogen-bond acceptors (Lipinski definition) is 24. The first-order chi connectivity index (χ1) is 51.7. The molecule has 0 saturated carbocycles. The SMILES string of the molecule is CCB1N(C)B2N(CC)B(N1CC)N1B(CC)N(CC)B(CC)N(B3N(CC)B(CC)N(CC)B(N3CC)N3B(CC)N(CC)B(C)N(CC)B3N3B(C)N(CC)B(CC)N(B4N(CC)B(CC)N(CC)B(N4CC)N4B(CC)N(CC)B(CC)N(B4CC)B4N(CC)B(CC)N(C)B(C)N24)B3CC)B1CC. The number of rotatable bonds is 27. The van der Waals surface area contributed by atoms with E-state index < -0.39 is 0 Å². The van der Waals surface area contributed by atoms with Gasteiger partial charge in [0.1, 0.15) is 0 Å². The molecule has 9 heterocycles. The van der Waals surface area contributed by atoms with Gasteiger partial charge >= 0.3 is 56.9 Å². The van der Waals surface area contributed by atoms with E-state index in [0.717, 1.165) is 174 Å². The number of fused-ring (bicyclic) bond motifs is 22. The van der Waals surface area contributed by atoms with Crippen LogP contribution in [0.5, 0.6) is 0 Å². The Hall–Kier alpha value is 0.598. The predicted molar refractivity (Wildman–Crippen MR) is 495 cm³/mol. The molecule has 9 aliphatic heterocycles. The third-order valence-electron chi connectivity index (χ3n) is 29.3. The van der Waals surface area contributed by atoms with E-state index in [0.29, 0.717) is 0 Å². The smallest absolute Gasteiger partial charge is 0.364 e. The average Bonchev–Trinajstić information content (AvgIpc) is 0.704. The minimum Gasteiger partial charge on any atom is -0.373 e. The number of hydrogen-bond donors (Lipinski definition) is 0. The molecule has 0 aliphatic carbocycles. The van der Waals surface area contributed by atoms with Gasteiger partial charge in [-0.25, -0.2) is 0 Å². The van der Waals surface area contributed by atoms with Crippen LogP contribution in [0, 0.1) is 0 Å². The largest absolute Gasteiger partial charge is 0.373 e. The van der Waals surface area contributed by atoms with Crippen molar-refractivity contribution in [1.29, 1.82) is 0 Å². The van der Waals surface area contributed by atoms with Gasteiger partial charge in [-0.1, -0.05) is 207 Å². The maximum atomic E-state index is 3.22. The van der Waals surface area contributed by atoms with Gasteiger partial charge in [-0.3, -0.25) is 0 Å². The van der Waals surface area contributed by atoms with Crippen molar-refractivity contribution in [2.24, 2.45) is 0 Å². The predicted octanol–water partition coefficient (Wildman–Crippen LogP) is 5.73. The van der Waals surface area contributed by atoms with E-state index in [2.05, 4.69) is 334 Å². The summed E-state index contributed by atoms with van der Waals surface area (Å²) < 4.78 is 73.9. The highest BCUT2D eigenvalue weighted by atomic mass is 15.6. The third kappa shape index (κ3) is 15.0. The minimum atomic E-state index is -0.0630. The summed E-state index contributed by atoms with van der Waals surface area (Å²) >= 11 is 0. The molecule has 578 valence electrons. The summed E-state index contributed by atoms with van der Waals surface area (Å²) in [5.41, 5.74) is 0. The van der Waals surface area contributed by atoms with E-state index in [-0.39, 0.29) is 169 Å². The van der Waals surface area contributed by atoms with Gasteiger partial charge in [0.2, 0.25) is 0 Å². The van der Waals surface area contributed by atoms with Crippen molar-refractivity contribution in [1.82, 2.24) is 113 Å². The fourth-order valence-electron chi connectivity index (χ4n) is 25.4. The molecule has 0 aromatic rings. The van der Waals surface area contributed by atoms with Crippen molar-refractivity contribution in [2.45, 2.75) is 290 Å². The van der Waals surface area contributed by atoms with Gasteiger partial charge in [-0.15, -0.1) is 0 Å². The second-order valence-corrected chi connectivity index (χ2v) is 32.8. The zero-order valence-electron chi connectivity index (χ0n) is 75.7. The lowest BCUT2D eigenvalue weighted by Crippen LogP contribution is -2.98. The molecule has 9 fully saturated rings. The second-order valence-electron chi connectivity index (χ2n) is 32.8. The van der Waals surface area contributed by atoms with Crippen LogP contribution in [-0.4, -0.2) is 387 Å². The standard InChI is InChI=1S/C59H150B24N24/c1-33-63-84(31)60(28)101-76-85(32)64(34-2)91(51-19)77(97(76)57-25)103-69(39-7)89(49-17)70(40-8)104(74(103)44-12)80-95(55-23)66(36-4)96(56-24)81(99(80)59-27)107-68(38-6)86(46-14)61(29)88(48-16)82(107)100-62(30)87(47-15)67(37-5)102(73(100)43-11)78-93(53-21)65(35-3)94(54-22)79(98(78)58-26)105-71(41-9)90(50-18)72(42-10)106(75(105)45-13)83(101)92(63)52-20/h33-59H2,1-32H3. The summed E-state index contributed by atoms with van der Waals surface area (Å²) in [4.78, 5) is 0. The molecule has 0 amide bonds. The molecule has 24 nitrogen and oxygen atoms in total. The first kappa shape index (κ1) is 91.5. The highest BCUT2D eigenvalue weighted by Gasteiger charge is 2.73. The fourth-order valence-corrected chi connectivity index (χ4v) is 25.4. The van der Waals surface area contributed by atoms with Gasteiger partial charge < -0.3 is 113 Å². The van der Waals surface area contributed by atoms with Crippen LogP contribution in [0.2, 0.25) is 103 Å². The Balaban J connectivity index is 1.53. The fraction of sp³-hybridized carbons (Fsp3) is 1.00. The molecule has 107 heavy (non-hydrogen) atoms. The van der Waals surface area contributed by atoms with Crippen molar-refractivity contribution in [3.8, 4) is 0 Å². The molecule has 6 atom stereocenters. The third-order valence-corrected chi connectivity index (χ3v) is 29.3. The van der Waals surface area contributed by atoms with Gasteiger partial charge in [0.25, 0.3) is 112 Å². The maximum Gasteiger partial charge on any atom is 0.364 e. The van der Waals surface area contributed by atoms with Crippen LogP contribution in [0.4, 0.5) is 0 Å². The molecule has 0 N–H and O–H groups in total. The molecule has 0 spiro atoms. The topological polar surface area (TPSA) is 77.8 Å². The van der Waals surface area contributed by atoms with Crippen LogP contribution < -0.4 is 0 Å². The molecule has 0 aromatic heterocycles. The Bertz CT molecular complexity index is 2690. The second kappa shape index (κ2) is 40.4. The monoisotopic (exact) mass is 1460 g/mol. The van der Waals surface area contributed by atoms with Gasteiger partial charge in [0.15, 0.2) is 0 Å². The molecule has 0 radical (unpaired) electrons. The first-order valence-corrected chi connectivity index (χ1v) is 45.9. The van der Waals surface area contributed by atoms with Crippen LogP contribution in [0.15, 0.2) is 0 Å². The van der Waals surface area contributed by atoms with E-state index in [9.17, 15) is 0 Å². The zero-order valence-corrected chi connectivity index (χ0v) is 75.7. The average molecular weight is 1460 g/mol.